The van der Waals surface area contributed by atoms with E-state index in [-0.39, 0.29) is 17.4 Å². The third kappa shape index (κ3) is 3.39. The van der Waals surface area contributed by atoms with Crippen molar-refractivity contribution in [2.24, 2.45) is 0 Å². The van der Waals surface area contributed by atoms with Gasteiger partial charge >= 0.3 is 0 Å². The molecule has 0 aromatic heterocycles. The van der Waals surface area contributed by atoms with Crippen molar-refractivity contribution in [2.45, 2.75) is 26.4 Å². The lowest BCUT2D eigenvalue weighted by molar-refractivity contribution is 0.517. The Morgan fingerprint density at radius 2 is 1.65 bits per heavy atom. The summed E-state index contributed by atoms with van der Waals surface area (Å²) in [5.41, 5.74) is 2.01. The summed E-state index contributed by atoms with van der Waals surface area (Å²) in [5, 5.41) is 3.08. The Hall–Kier alpha value is -1.81. The average molecular weight is 279 g/mol. The summed E-state index contributed by atoms with van der Waals surface area (Å²) in [6, 6.07) is 7.53. The second-order valence-electron chi connectivity index (χ2n) is 4.84. The van der Waals surface area contributed by atoms with E-state index in [1.807, 2.05) is 6.92 Å². The van der Waals surface area contributed by atoms with Crippen molar-refractivity contribution in [1.82, 2.24) is 5.32 Å². The maximum Gasteiger partial charge on any atom is 0.128 e. The third-order valence-electron chi connectivity index (χ3n) is 3.33. The van der Waals surface area contributed by atoms with Crippen LogP contribution in [0, 0.1) is 24.4 Å². The number of nitrogens with one attached hydrogen (secondary N) is 1. The van der Waals surface area contributed by atoms with Gasteiger partial charge in [-0.15, -0.1) is 0 Å². The highest BCUT2D eigenvalue weighted by Gasteiger charge is 2.12. The summed E-state index contributed by atoms with van der Waals surface area (Å²) in [6.45, 7) is 4.01. The molecule has 1 unspecified atom stereocenters. The van der Waals surface area contributed by atoms with E-state index in [0.717, 1.165) is 23.3 Å². The van der Waals surface area contributed by atoms with E-state index in [1.54, 1.807) is 13.0 Å². The molecule has 0 saturated heterocycles. The first-order valence-corrected chi connectivity index (χ1v) is 6.40. The van der Waals surface area contributed by atoms with E-state index in [2.05, 4.69) is 5.32 Å². The zero-order valence-corrected chi connectivity index (χ0v) is 11.4. The molecule has 1 N–H and O–H groups in total. The van der Waals surface area contributed by atoms with Crippen LogP contribution in [0.15, 0.2) is 36.4 Å². The highest BCUT2D eigenvalue weighted by Crippen LogP contribution is 2.19. The van der Waals surface area contributed by atoms with Gasteiger partial charge in [-0.2, -0.15) is 0 Å². The molecule has 0 spiro atoms. The molecular weight excluding hydrogens is 263 g/mol. The topological polar surface area (TPSA) is 12.0 Å². The predicted molar refractivity (Wildman–Crippen MR) is 72.7 cm³/mol. The molecule has 0 aliphatic rings. The Morgan fingerprint density at radius 3 is 2.40 bits per heavy atom. The van der Waals surface area contributed by atoms with Gasteiger partial charge in [0.1, 0.15) is 17.5 Å². The van der Waals surface area contributed by atoms with Crippen LogP contribution in [0.3, 0.4) is 0 Å². The molecular formula is C16H16F3N. The van der Waals surface area contributed by atoms with Crippen molar-refractivity contribution in [3.05, 3.63) is 70.5 Å². The van der Waals surface area contributed by atoms with Gasteiger partial charge in [0.05, 0.1) is 0 Å². The van der Waals surface area contributed by atoms with Crippen LogP contribution in [0.2, 0.25) is 0 Å². The fourth-order valence-corrected chi connectivity index (χ4v) is 2.05. The van der Waals surface area contributed by atoms with Crippen LogP contribution in [-0.2, 0) is 6.54 Å². The highest BCUT2D eigenvalue weighted by molar-refractivity contribution is 5.27. The van der Waals surface area contributed by atoms with Crippen molar-refractivity contribution in [1.29, 1.82) is 0 Å². The van der Waals surface area contributed by atoms with E-state index < -0.39 is 11.6 Å². The van der Waals surface area contributed by atoms with Gasteiger partial charge in [0, 0.05) is 18.2 Å². The number of rotatable bonds is 4. The Balaban J connectivity index is 2.10. The maximum atomic E-state index is 13.6. The third-order valence-corrected chi connectivity index (χ3v) is 3.33. The van der Waals surface area contributed by atoms with Gasteiger partial charge < -0.3 is 5.32 Å². The molecule has 1 atom stereocenters. The molecule has 2 aromatic rings. The minimum atomic E-state index is -0.475. The van der Waals surface area contributed by atoms with Gasteiger partial charge in [-0.25, -0.2) is 13.2 Å². The minimum Gasteiger partial charge on any atom is -0.306 e. The van der Waals surface area contributed by atoms with Gasteiger partial charge in [-0.05, 0) is 55.3 Å². The lowest BCUT2D eigenvalue weighted by atomic mass is 10.1. The van der Waals surface area contributed by atoms with Crippen LogP contribution in [-0.4, -0.2) is 0 Å². The van der Waals surface area contributed by atoms with Crippen molar-refractivity contribution in [3.8, 4) is 0 Å². The van der Waals surface area contributed by atoms with Crippen molar-refractivity contribution in [2.75, 3.05) is 0 Å². The van der Waals surface area contributed by atoms with E-state index in [4.69, 9.17) is 0 Å². The number of halogens is 3. The summed E-state index contributed by atoms with van der Waals surface area (Å²) >= 11 is 0. The largest absolute Gasteiger partial charge is 0.306 e. The molecule has 2 rings (SSSR count). The molecule has 0 aliphatic heterocycles. The fraction of sp³-hybridized carbons (Fsp3) is 0.250. The summed E-state index contributed by atoms with van der Waals surface area (Å²) in [6.07, 6.45) is 0. The maximum absolute atomic E-state index is 13.6. The highest BCUT2D eigenvalue weighted by atomic mass is 19.1. The molecule has 0 bridgehead atoms. The van der Waals surface area contributed by atoms with Crippen LogP contribution in [0.1, 0.15) is 29.7 Å². The molecule has 0 radical (unpaired) electrons. The molecule has 20 heavy (non-hydrogen) atoms. The molecule has 106 valence electrons. The fourth-order valence-electron chi connectivity index (χ4n) is 2.05. The zero-order valence-electron chi connectivity index (χ0n) is 11.4. The van der Waals surface area contributed by atoms with Gasteiger partial charge in [-0.3, -0.25) is 0 Å². The Morgan fingerprint density at radius 1 is 1.00 bits per heavy atom. The van der Waals surface area contributed by atoms with Crippen LogP contribution in [0.25, 0.3) is 0 Å². The number of hydrogen-bond acceptors (Lipinski definition) is 1. The van der Waals surface area contributed by atoms with Crippen LogP contribution >= 0.6 is 0 Å². The van der Waals surface area contributed by atoms with Crippen LogP contribution < -0.4 is 5.32 Å². The monoisotopic (exact) mass is 279 g/mol. The predicted octanol–water partition coefficient (Wildman–Crippen LogP) is 4.26. The van der Waals surface area contributed by atoms with Crippen molar-refractivity contribution < 1.29 is 13.2 Å². The second-order valence-corrected chi connectivity index (χ2v) is 4.84. The standard InChI is InChI=1S/C16H16F3N/c1-10-3-4-13(17)7-12(10)9-20-11(2)15-8-14(18)5-6-16(15)19/h3-8,11,20H,9H2,1-2H3. The van der Waals surface area contributed by atoms with Gasteiger partial charge in [0.15, 0.2) is 0 Å². The zero-order chi connectivity index (χ0) is 14.7. The Kier molecular flexibility index (Phi) is 4.45. The number of benzene rings is 2. The van der Waals surface area contributed by atoms with Gasteiger partial charge in [0.2, 0.25) is 0 Å². The summed E-state index contributed by atoms with van der Waals surface area (Å²) in [4.78, 5) is 0. The Bertz CT molecular complexity index is 611. The lowest BCUT2D eigenvalue weighted by Gasteiger charge is -2.16. The van der Waals surface area contributed by atoms with Gasteiger partial charge in [0.25, 0.3) is 0 Å². The Labute approximate surface area is 116 Å². The number of hydrogen-bond donors (Lipinski definition) is 1. The summed E-state index contributed by atoms with van der Waals surface area (Å²) in [5.74, 6) is -1.24. The van der Waals surface area contributed by atoms with E-state index in [9.17, 15) is 13.2 Å². The first-order chi connectivity index (χ1) is 9.47. The summed E-state index contributed by atoms with van der Waals surface area (Å²) in [7, 11) is 0. The molecule has 4 heteroatoms. The lowest BCUT2D eigenvalue weighted by Crippen LogP contribution is -2.20. The van der Waals surface area contributed by atoms with Crippen LogP contribution in [0.4, 0.5) is 13.2 Å². The molecule has 1 nitrogen and oxygen atoms in total. The second kappa shape index (κ2) is 6.09. The molecule has 0 fully saturated rings. The quantitative estimate of drug-likeness (QED) is 0.881. The van der Waals surface area contributed by atoms with Crippen molar-refractivity contribution >= 4 is 0 Å². The molecule has 2 aromatic carbocycles. The molecule has 0 amide bonds. The molecule has 0 saturated carbocycles. The van der Waals surface area contributed by atoms with E-state index >= 15 is 0 Å². The van der Waals surface area contributed by atoms with E-state index in [0.29, 0.717) is 6.54 Å². The minimum absolute atomic E-state index is 0.263. The normalized spacial score (nSPS) is 12.4. The van der Waals surface area contributed by atoms with Crippen molar-refractivity contribution in [3.63, 3.8) is 0 Å². The van der Waals surface area contributed by atoms with Crippen LogP contribution in [0.5, 0.6) is 0 Å². The smallest absolute Gasteiger partial charge is 0.128 e. The molecule has 0 heterocycles. The first-order valence-electron chi connectivity index (χ1n) is 6.40. The van der Waals surface area contributed by atoms with E-state index in [1.165, 1.54) is 18.2 Å². The first kappa shape index (κ1) is 14.6. The molecule has 0 aliphatic carbocycles. The SMILES string of the molecule is Cc1ccc(F)cc1CNC(C)c1cc(F)ccc1F. The van der Waals surface area contributed by atoms with Gasteiger partial charge in [-0.1, -0.05) is 6.07 Å². The average Bonchev–Trinajstić information content (AvgIpc) is 2.42. The summed E-state index contributed by atoms with van der Waals surface area (Å²) < 4.78 is 39.9. The number of aryl methyl sites for hydroxylation is 1.